The number of aliphatic hydroxyl groups is 4. The van der Waals surface area contributed by atoms with Crippen LogP contribution < -0.4 is 0 Å². The Balaban J connectivity index is 2.71. The molecule has 0 aromatic carbocycles. The zero-order valence-corrected chi connectivity index (χ0v) is 11.3. The Labute approximate surface area is 132 Å². The van der Waals surface area contributed by atoms with Gasteiger partial charge in [-0.1, -0.05) is 0 Å². The molecular weight excluding hydrogens is 412 g/mol. The van der Waals surface area contributed by atoms with Crippen molar-refractivity contribution in [3.63, 3.8) is 0 Å². The van der Waals surface area contributed by atoms with Gasteiger partial charge in [-0.25, -0.2) is 8.78 Å². The van der Waals surface area contributed by atoms with Gasteiger partial charge >= 0.3 is 41.0 Å². The summed E-state index contributed by atoms with van der Waals surface area (Å²) in [5.74, 6) is -43.6. The fourth-order valence-corrected chi connectivity index (χ4v) is 3.95. The van der Waals surface area contributed by atoms with Crippen LogP contribution in [0.1, 0.15) is 0 Å². The maximum absolute atomic E-state index is 14.3. The first kappa shape index (κ1) is 19.8. The van der Waals surface area contributed by atoms with E-state index in [1.807, 2.05) is 0 Å². The maximum atomic E-state index is 14.3. The average molecular weight is 416 g/mol. The summed E-state index contributed by atoms with van der Waals surface area (Å²) in [4.78, 5) is 0. The molecule has 152 valence electrons. The van der Waals surface area contributed by atoms with Crippen molar-refractivity contribution in [2.24, 2.45) is 0 Å². The summed E-state index contributed by atoms with van der Waals surface area (Å²) in [6, 6.07) is 0. The highest BCUT2D eigenvalue weighted by molar-refractivity contribution is 5.53. The Morgan fingerprint density at radius 3 is 0.731 bits per heavy atom. The molecule has 0 aromatic heterocycles. The zero-order valence-electron chi connectivity index (χ0n) is 11.3. The van der Waals surface area contributed by atoms with E-state index in [1.54, 1.807) is 0 Å². The summed E-state index contributed by atoms with van der Waals surface area (Å²) in [6.45, 7) is 0. The van der Waals surface area contributed by atoms with Crippen LogP contribution in [0.3, 0.4) is 0 Å². The first-order valence-corrected chi connectivity index (χ1v) is 6.16. The topological polar surface area (TPSA) is 80.9 Å². The smallest absolute Gasteiger partial charge is 0.339 e. The van der Waals surface area contributed by atoms with Crippen molar-refractivity contribution in [1.29, 1.82) is 0 Å². The lowest BCUT2D eigenvalue weighted by atomic mass is 9.39. The van der Waals surface area contributed by atoms with Gasteiger partial charge in [-0.15, -0.1) is 0 Å². The summed E-state index contributed by atoms with van der Waals surface area (Å²) in [6.07, 6.45) is 0. The van der Waals surface area contributed by atoms with Gasteiger partial charge in [0.2, 0.25) is 5.79 Å². The Bertz CT molecular complexity index is 520. The van der Waals surface area contributed by atoms with Gasteiger partial charge in [-0.05, 0) is 0 Å². The lowest BCUT2D eigenvalue weighted by Gasteiger charge is -2.75. The lowest BCUT2D eigenvalue weighted by molar-refractivity contribution is -0.640. The SMILES string of the molecule is OC1(O)C2(O)C(F)(F)C3(F)C(F)(F)C1(O)C(F)(F)C(F)(C2(F)F)C3(F)F. The van der Waals surface area contributed by atoms with Gasteiger partial charge in [0.05, 0.1) is 0 Å². The summed E-state index contributed by atoms with van der Waals surface area (Å²) < 4.78 is 168. The van der Waals surface area contributed by atoms with E-state index in [0.29, 0.717) is 0 Å². The normalized spacial score (nSPS) is 53.5. The van der Waals surface area contributed by atoms with Crippen molar-refractivity contribution in [2.75, 3.05) is 0 Å². The van der Waals surface area contributed by atoms with Gasteiger partial charge in [0, 0.05) is 0 Å². The van der Waals surface area contributed by atoms with E-state index in [-0.39, 0.29) is 0 Å². The molecule has 4 rings (SSSR count). The quantitative estimate of drug-likeness (QED) is 0.348. The van der Waals surface area contributed by atoms with E-state index in [2.05, 4.69) is 0 Å². The monoisotopic (exact) mass is 416 g/mol. The van der Waals surface area contributed by atoms with Crippen LogP contribution >= 0.6 is 0 Å². The minimum atomic E-state index is -7.64. The molecule has 0 atom stereocenters. The molecule has 4 aliphatic rings. The third-order valence-corrected chi connectivity index (χ3v) is 5.42. The lowest BCUT2D eigenvalue weighted by Crippen LogP contribution is -3.11. The number of halogens is 12. The van der Waals surface area contributed by atoms with Crippen molar-refractivity contribution >= 4 is 0 Å². The van der Waals surface area contributed by atoms with Crippen LogP contribution in [0.4, 0.5) is 52.7 Å². The fourth-order valence-electron chi connectivity index (χ4n) is 3.95. The summed E-state index contributed by atoms with van der Waals surface area (Å²) in [5, 5.41) is 36.7. The van der Waals surface area contributed by atoms with Gasteiger partial charge in [-0.2, -0.15) is 43.9 Å². The van der Waals surface area contributed by atoms with Crippen LogP contribution in [0.2, 0.25) is 0 Å². The van der Waals surface area contributed by atoms with Crippen molar-refractivity contribution in [1.82, 2.24) is 0 Å². The van der Waals surface area contributed by atoms with Crippen LogP contribution in [-0.2, 0) is 0 Å². The van der Waals surface area contributed by atoms with Crippen LogP contribution in [0, 0.1) is 0 Å². The van der Waals surface area contributed by atoms with E-state index < -0.39 is 57.9 Å². The molecule has 4 fully saturated rings. The molecule has 4 N–H and O–H groups in total. The highest BCUT2D eigenvalue weighted by Gasteiger charge is 3.21. The van der Waals surface area contributed by atoms with Gasteiger partial charge in [0.25, 0.3) is 11.2 Å². The predicted octanol–water partition coefficient (Wildman–Crippen LogP) is 0.763. The van der Waals surface area contributed by atoms with Crippen LogP contribution in [0.15, 0.2) is 0 Å². The second kappa shape index (κ2) is 3.65. The molecule has 0 radical (unpaired) electrons. The molecule has 0 unspecified atom stereocenters. The van der Waals surface area contributed by atoms with Crippen LogP contribution in [0.25, 0.3) is 0 Å². The molecule has 4 aliphatic carbocycles. The van der Waals surface area contributed by atoms with Gasteiger partial charge in [0.1, 0.15) is 0 Å². The standard InChI is InChI=1S/C10H4F12O4/c11-1-5(13,14)2(12)8(19,20)3(23,6(1,15)16)10(25,26)4(24,7(1,17)18)9(2,21)22/h23-26H. The molecule has 4 bridgehead atoms. The van der Waals surface area contributed by atoms with Crippen LogP contribution in [0.5, 0.6) is 0 Å². The third-order valence-electron chi connectivity index (χ3n) is 5.42. The van der Waals surface area contributed by atoms with Crippen molar-refractivity contribution in [3.05, 3.63) is 0 Å². The minimum absolute atomic E-state index is 6.47. The molecule has 16 heteroatoms. The van der Waals surface area contributed by atoms with E-state index >= 15 is 0 Å². The molecule has 26 heavy (non-hydrogen) atoms. The molecule has 0 amide bonds. The van der Waals surface area contributed by atoms with E-state index in [1.165, 1.54) is 0 Å². The Kier molecular flexibility index (Phi) is 2.77. The van der Waals surface area contributed by atoms with Crippen molar-refractivity contribution in [3.8, 4) is 0 Å². The largest absolute Gasteiger partial charge is 0.374 e. The first-order chi connectivity index (χ1) is 11.0. The second-order valence-corrected chi connectivity index (χ2v) is 6.28. The number of alkyl halides is 12. The first-order valence-electron chi connectivity index (χ1n) is 6.16. The molecule has 0 aromatic rings. The Hall–Kier alpha value is -1.00. The molecule has 4 nitrogen and oxygen atoms in total. The maximum Gasteiger partial charge on any atom is 0.339 e. The van der Waals surface area contributed by atoms with Crippen molar-refractivity contribution < 1.29 is 73.1 Å². The fraction of sp³-hybridized carbons (Fsp3) is 1.00. The second-order valence-electron chi connectivity index (χ2n) is 6.28. The summed E-state index contributed by atoms with van der Waals surface area (Å²) in [5.41, 5.74) is -28.3. The molecule has 0 spiro atoms. The molecule has 4 saturated carbocycles. The third kappa shape index (κ3) is 0.972. The van der Waals surface area contributed by atoms with E-state index in [0.717, 1.165) is 0 Å². The van der Waals surface area contributed by atoms with E-state index in [4.69, 9.17) is 10.2 Å². The van der Waals surface area contributed by atoms with Crippen molar-refractivity contribution in [2.45, 2.75) is 57.9 Å². The molecule has 0 aliphatic heterocycles. The average Bonchev–Trinajstić information content (AvgIpc) is 2.46. The number of hydrogen-bond donors (Lipinski definition) is 4. The van der Waals surface area contributed by atoms with Gasteiger partial charge < -0.3 is 20.4 Å². The Morgan fingerprint density at radius 1 is 0.346 bits per heavy atom. The predicted molar refractivity (Wildman–Crippen MR) is 49.5 cm³/mol. The number of rotatable bonds is 0. The van der Waals surface area contributed by atoms with E-state index in [9.17, 15) is 62.9 Å². The zero-order chi connectivity index (χ0) is 21.0. The molecular formula is C10H4F12O4. The number of hydrogen-bond acceptors (Lipinski definition) is 4. The highest BCUT2D eigenvalue weighted by atomic mass is 19.3. The molecule has 0 heterocycles. The van der Waals surface area contributed by atoms with Crippen LogP contribution in [-0.4, -0.2) is 78.4 Å². The van der Waals surface area contributed by atoms with Gasteiger partial charge in [-0.3, -0.25) is 0 Å². The summed E-state index contributed by atoms with van der Waals surface area (Å²) in [7, 11) is 0. The Morgan fingerprint density at radius 2 is 0.538 bits per heavy atom. The van der Waals surface area contributed by atoms with Gasteiger partial charge in [0.15, 0.2) is 0 Å². The highest BCUT2D eigenvalue weighted by Crippen LogP contribution is 2.85. The minimum Gasteiger partial charge on any atom is -0.374 e. The molecule has 0 saturated heterocycles. The summed E-state index contributed by atoms with van der Waals surface area (Å²) >= 11 is 0.